The number of fused-ring (bicyclic) bond motifs is 1. The van der Waals surface area contributed by atoms with E-state index in [0.29, 0.717) is 29.6 Å². The van der Waals surface area contributed by atoms with Gasteiger partial charge in [0.05, 0.1) is 24.0 Å². The predicted molar refractivity (Wildman–Crippen MR) is 132 cm³/mol. The fourth-order valence-corrected chi connectivity index (χ4v) is 3.94. The van der Waals surface area contributed by atoms with Crippen LogP contribution in [0.4, 0.5) is 11.8 Å². The quantitative estimate of drug-likeness (QED) is 0.382. The first kappa shape index (κ1) is 24.6. The molecule has 3 N–H and O–H groups in total. The van der Waals surface area contributed by atoms with E-state index in [2.05, 4.69) is 66.9 Å². The maximum Gasteiger partial charge on any atom is 0.205 e. The van der Waals surface area contributed by atoms with Crippen molar-refractivity contribution in [1.82, 2.24) is 19.7 Å². The number of rotatable bonds is 10. The number of nitrogens with one attached hydrogen (secondary N) is 2. The Kier molecular flexibility index (Phi) is 7.68. The molecule has 8 heteroatoms. The summed E-state index contributed by atoms with van der Waals surface area (Å²) in [5.74, 6) is 1.68. The van der Waals surface area contributed by atoms with Crippen LogP contribution < -0.4 is 10.6 Å². The molecule has 1 aromatic rings. The standard InChI is InChI=1S/C25H36N6O2/c1-14(2)20(13-32)27-25-28-24(26-12-18-10-8-9-11-19(18)17(7)33)22-23(31(25)16(5)6)21(15(3)4)29-30-22/h8-11,14-16,20,26,32H,12-13H2,1-7H3,(H,27,28). The van der Waals surface area contributed by atoms with Gasteiger partial charge in [-0.15, -0.1) is 5.10 Å². The average molecular weight is 453 g/mol. The number of carbonyl (C=O) groups excluding carboxylic acids is 1. The van der Waals surface area contributed by atoms with Crippen molar-refractivity contribution in [2.45, 2.75) is 73.0 Å². The molecule has 0 radical (unpaired) electrons. The van der Waals surface area contributed by atoms with Gasteiger partial charge in [0.25, 0.3) is 0 Å². The fourth-order valence-electron chi connectivity index (χ4n) is 3.94. The zero-order valence-electron chi connectivity index (χ0n) is 20.7. The average Bonchev–Trinajstić information content (AvgIpc) is 3.20. The number of nitrogens with zero attached hydrogens (tertiary/aromatic N) is 4. The lowest BCUT2D eigenvalue weighted by atomic mass is 10.0. The summed E-state index contributed by atoms with van der Waals surface area (Å²) in [5, 5.41) is 25.8. The Balaban J connectivity index is 2.12. The van der Waals surface area contributed by atoms with Crippen molar-refractivity contribution < 1.29 is 9.90 Å². The highest BCUT2D eigenvalue weighted by molar-refractivity contribution is 5.95. The van der Waals surface area contributed by atoms with Gasteiger partial charge in [0.2, 0.25) is 5.95 Å². The van der Waals surface area contributed by atoms with Crippen molar-refractivity contribution >= 4 is 17.5 Å². The third-order valence-corrected chi connectivity index (χ3v) is 5.86. The number of Topliss-reactive ketones (excluding diaryl/α,β-unsaturated/α-hetero) is 1. The molecule has 0 saturated carbocycles. The Bertz CT molecular complexity index is 1070. The summed E-state index contributed by atoms with van der Waals surface area (Å²) in [6.07, 6.45) is 0. The van der Waals surface area contributed by atoms with Crippen LogP contribution in [0.1, 0.15) is 82.0 Å². The molecular weight excluding hydrogens is 416 g/mol. The molecule has 1 unspecified atom stereocenters. The van der Waals surface area contributed by atoms with Crippen LogP contribution in [0.3, 0.4) is 0 Å². The number of hydrogen-bond acceptors (Lipinski definition) is 7. The first-order chi connectivity index (χ1) is 15.6. The molecule has 0 fully saturated rings. The molecule has 2 heterocycles. The van der Waals surface area contributed by atoms with Crippen LogP contribution in [0.5, 0.6) is 0 Å². The molecular formula is C25H36N6O2. The molecule has 2 aliphatic rings. The number of aromatic nitrogens is 4. The zero-order valence-corrected chi connectivity index (χ0v) is 20.7. The Morgan fingerprint density at radius 3 is 2.36 bits per heavy atom. The van der Waals surface area contributed by atoms with Gasteiger partial charge in [-0.25, -0.2) is 0 Å². The molecule has 1 aromatic carbocycles. The van der Waals surface area contributed by atoms with E-state index in [1.54, 1.807) is 6.92 Å². The van der Waals surface area contributed by atoms with E-state index in [1.165, 1.54) is 0 Å². The van der Waals surface area contributed by atoms with Gasteiger partial charge < -0.3 is 20.3 Å². The monoisotopic (exact) mass is 452 g/mol. The lowest BCUT2D eigenvalue weighted by molar-refractivity contribution is 0.101. The summed E-state index contributed by atoms with van der Waals surface area (Å²) in [7, 11) is 0. The minimum atomic E-state index is -0.149. The maximum absolute atomic E-state index is 12.1. The van der Waals surface area contributed by atoms with E-state index in [0.717, 1.165) is 17.0 Å². The third-order valence-electron chi connectivity index (χ3n) is 5.86. The maximum atomic E-state index is 12.1. The number of hydrogen-bond donors (Lipinski definition) is 3. The van der Waals surface area contributed by atoms with Gasteiger partial charge in [-0.3, -0.25) is 4.79 Å². The Morgan fingerprint density at radius 1 is 1.09 bits per heavy atom. The molecule has 0 bridgehead atoms. The van der Waals surface area contributed by atoms with Gasteiger partial charge >= 0.3 is 0 Å². The molecule has 33 heavy (non-hydrogen) atoms. The molecule has 0 spiro atoms. The van der Waals surface area contributed by atoms with Crippen LogP contribution in [0.2, 0.25) is 0 Å². The van der Waals surface area contributed by atoms with E-state index in [1.807, 2.05) is 24.3 Å². The Hall–Kier alpha value is -3.00. The highest BCUT2D eigenvalue weighted by Gasteiger charge is 2.29. The molecule has 0 amide bonds. The molecule has 3 rings (SSSR count). The second-order valence-electron chi connectivity index (χ2n) is 9.43. The SMILES string of the molecule is CC(=O)c1ccccc1CNc1nc(NC(CO)C(C)C)n(C(C)C)c2c(C(C)C)nnc1-2. The Labute approximate surface area is 196 Å². The van der Waals surface area contributed by atoms with Crippen molar-refractivity contribution in [2.24, 2.45) is 5.92 Å². The summed E-state index contributed by atoms with van der Waals surface area (Å²) in [6.45, 7) is 14.5. The van der Waals surface area contributed by atoms with Crippen molar-refractivity contribution in [2.75, 3.05) is 17.2 Å². The van der Waals surface area contributed by atoms with E-state index in [-0.39, 0.29) is 36.3 Å². The molecule has 0 aromatic heterocycles. The number of benzene rings is 1. The molecule has 178 valence electrons. The van der Waals surface area contributed by atoms with Crippen molar-refractivity contribution in [3.05, 3.63) is 41.1 Å². The van der Waals surface area contributed by atoms with Crippen molar-refractivity contribution in [3.63, 3.8) is 0 Å². The lowest BCUT2D eigenvalue weighted by Gasteiger charge is -2.28. The number of ketones is 1. The molecule has 2 aliphatic heterocycles. The zero-order chi connectivity index (χ0) is 24.3. The van der Waals surface area contributed by atoms with Crippen LogP contribution in [-0.2, 0) is 6.54 Å². The number of aliphatic hydroxyl groups excluding tert-OH is 1. The van der Waals surface area contributed by atoms with Gasteiger partial charge in [0.1, 0.15) is 0 Å². The van der Waals surface area contributed by atoms with E-state index >= 15 is 0 Å². The molecule has 8 nitrogen and oxygen atoms in total. The smallest absolute Gasteiger partial charge is 0.205 e. The normalized spacial score (nSPS) is 12.7. The lowest BCUT2D eigenvalue weighted by Crippen LogP contribution is -2.32. The predicted octanol–water partition coefficient (Wildman–Crippen LogP) is 4.73. The van der Waals surface area contributed by atoms with Crippen LogP contribution in [0.15, 0.2) is 24.3 Å². The van der Waals surface area contributed by atoms with Gasteiger partial charge in [0.15, 0.2) is 17.3 Å². The minimum absolute atomic E-state index is 0.00121. The number of anilines is 2. The second-order valence-corrected chi connectivity index (χ2v) is 9.43. The summed E-state index contributed by atoms with van der Waals surface area (Å²) in [4.78, 5) is 17.0. The first-order valence-corrected chi connectivity index (χ1v) is 11.6. The van der Waals surface area contributed by atoms with E-state index < -0.39 is 0 Å². The molecule has 0 saturated heterocycles. The highest BCUT2D eigenvalue weighted by atomic mass is 16.3. The van der Waals surface area contributed by atoms with Gasteiger partial charge in [0, 0.05) is 18.2 Å². The minimum Gasteiger partial charge on any atom is -0.394 e. The van der Waals surface area contributed by atoms with Crippen LogP contribution >= 0.6 is 0 Å². The highest BCUT2D eigenvalue weighted by Crippen LogP contribution is 2.38. The largest absolute Gasteiger partial charge is 0.394 e. The van der Waals surface area contributed by atoms with Gasteiger partial charge in [-0.1, -0.05) is 52.0 Å². The van der Waals surface area contributed by atoms with Gasteiger partial charge in [-0.05, 0) is 38.2 Å². The topological polar surface area (TPSA) is 105 Å². The van der Waals surface area contributed by atoms with Crippen LogP contribution in [-0.4, -0.2) is 43.3 Å². The molecule has 1 atom stereocenters. The summed E-state index contributed by atoms with van der Waals surface area (Å²) in [6, 6.07) is 7.51. The van der Waals surface area contributed by atoms with Crippen LogP contribution in [0, 0.1) is 5.92 Å². The fraction of sp³-hybridized carbons (Fsp3) is 0.520. The second kappa shape index (κ2) is 10.3. The van der Waals surface area contributed by atoms with E-state index in [4.69, 9.17) is 4.98 Å². The van der Waals surface area contributed by atoms with E-state index in [9.17, 15) is 9.90 Å². The number of aliphatic hydroxyl groups is 1. The molecule has 0 aliphatic carbocycles. The third kappa shape index (κ3) is 5.16. The van der Waals surface area contributed by atoms with Crippen molar-refractivity contribution in [1.29, 1.82) is 0 Å². The first-order valence-electron chi connectivity index (χ1n) is 11.6. The van der Waals surface area contributed by atoms with Crippen LogP contribution in [0.25, 0.3) is 11.4 Å². The summed E-state index contributed by atoms with van der Waals surface area (Å²) < 4.78 is 2.12. The Morgan fingerprint density at radius 2 is 1.79 bits per heavy atom. The van der Waals surface area contributed by atoms with Crippen molar-refractivity contribution in [3.8, 4) is 11.4 Å². The number of carbonyl (C=O) groups is 1. The van der Waals surface area contributed by atoms with Gasteiger partial charge in [-0.2, -0.15) is 10.1 Å². The summed E-state index contributed by atoms with van der Waals surface area (Å²) >= 11 is 0. The summed E-state index contributed by atoms with van der Waals surface area (Å²) in [5.41, 5.74) is 4.11.